The Labute approximate surface area is 111 Å². The maximum Gasteiger partial charge on any atom is 0.211 e. The SMILES string of the molecule is CS(=O)(=O)N1CCCC1c1ccc(Cl)c(Cl)c1. The van der Waals surface area contributed by atoms with E-state index in [2.05, 4.69) is 0 Å². The van der Waals surface area contributed by atoms with E-state index in [0.717, 1.165) is 18.4 Å². The summed E-state index contributed by atoms with van der Waals surface area (Å²) in [5, 5.41) is 0.948. The van der Waals surface area contributed by atoms with Gasteiger partial charge in [0.2, 0.25) is 10.0 Å². The maximum absolute atomic E-state index is 11.6. The molecule has 1 aliphatic heterocycles. The molecule has 17 heavy (non-hydrogen) atoms. The van der Waals surface area contributed by atoms with Crippen molar-refractivity contribution in [1.29, 1.82) is 0 Å². The van der Waals surface area contributed by atoms with Gasteiger partial charge in [-0.15, -0.1) is 0 Å². The first-order valence-electron chi connectivity index (χ1n) is 5.31. The zero-order valence-electron chi connectivity index (χ0n) is 9.36. The molecule has 1 fully saturated rings. The summed E-state index contributed by atoms with van der Waals surface area (Å²) in [6.45, 7) is 0.573. The van der Waals surface area contributed by atoms with Crippen LogP contribution in [0.15, 0.2) is 18.2 Å². The molecule has 0 N–H and O–H groups in total. The van der Waals surface area contributed by atoms with Crippen LogP contribution < -0.4 is 0 Å². The molecule has 0 aromatic heterocycles. The molecule has 6 heteroatoms. The predicted octanol–water partition coefficient (Wildman–Crippen LogP) is 3.09. The molecule has 0 bridgehead atoms. The molecule has 1 heterocycles. The van der Waals surface area contributed by atoms with Crippen LogP contribution in [0.1, 0.15) is 24.4 Å². The standard InChI is InChI=1S/C11H13Cl2NO2S/c1-17(15,16)14-6-2-3-11(14)8-4-5-9(12)10(13)7-8/h4-5,7,11H,2-3,6H2,1H3. The van der Waals surface area contributed by atoms with Crippen molar-refractivity contribution in [2.75, 3.05) is 12.8 Å². The molecular weight excluding hydrogens is 281 g/mol. The van der Waals surface area contributed by atoms with Gasteiger partial charge in [0.05, 0.1) is 16.3 Å². The van der Waals surface area contributed by atoms with Crippen LogP contribution in [0.3, 0.4) is 0 Å². The van der Waals surface area contributed by atoms with Crippen LogP contribution in [0.5, 0.6) is 0 Å². The normalized spacial score (nSPS) is 21.9. The van der Waals surface area contributed by atoms with Crippen LogP contribution in [0.25, 0.3) is 0 Å². The van der Waals surface area contributed by atoms with Crippen molar-refractivity contribution >= 4 is 33.2 Å². The number of nitrogens with zero attached hydrogens (tertiary/aromatic N) is 1. The number of rotatable bonds is 2. The molecule has 1 atom stereocenters. The Morgan fingerprint density at radius 2 is 2.00 bits per heavy atom. The number of benzene rings is 1. The lowest BCUT2D eigenvalue weighted by Gasteiger charge is -2.22. The van der Waals surface area contributed by atoms with Crippen molar-refractivity contribution in [3.63, 3.8) is 0 Å². The second kappa shape index (κ2) is 4.76. The fourth-order valence-electron chi connectivity index (χ4n) is 2.19. The van der Waals surface area contributed by atoms with Crippen LogP contribution in [0.4, 0.5) is 0 Å². The average molecular weight is 294 g/mol. The van der Waals surface area contributed by atoms with E-state index in [1.54, 1.807) is 12.1 Å². The molecule has 1 aromatic carbocycles. The number of hydrogen-bond acceptors (Lipinski definition) is 2. The molecule has 0 amide bonds. The van der Waals surface area contributed by atoms with Gasteiger partial charge in [0.15, 0.2) is 0 Å². The minimum atomic E-state index is -3.17. The first-order valence-corrected chi connectivity index (χ1v) is 7.92. The Hall–Kier alpha value is -0.290. The highest BCUT2D eigenvalue weighted by atomic mass is 35.5. The molecule has 1 unspecified atom stereocenters. The van der Waals surface area contributed by atoms with Gasteiger partial charge in [-0.25, -0.2) is 8.42 Å². The van der Waals surface area contributed by atoms with Gasteiger partial charge >= 0.3 is 0 Å². The molecule has 0 aliphatic carbocycles. The van der Waals surface area contributed by atoms with E-state index in [-0.39, 0.29) is 6.04 Å². The quantitative estimate of drug-likeness (QED) is 0.840. The van der Waals surface area contributed by atoms with Crippen LogP contribution >= 0.6 is 23.2 Å². The zero-order valence-corrected chi connectivity index (χ0v) is 11.7. The van der Waals surface area contributed by atoms with Crippen molar-refractivity contribution < 1.29 is 8.42 Å². The van der Waals surface area contributed by atoms with Gasteiger partial charge in [-0.3, -0.25) is 0 Å². The number of halogens is 2. The number of hydrogen-bond donors (Lipinski definition) is 0. The summed E-state index contributed by atoms with van der Waals surface area (Å²) < 4.78 is 24.8. The van der Waals surface area contributed by atoms with E-state index in [1.807, 2.05) is 6.07 Å². The minimum Gasteiger partial charge on any atom is -0.212 e. The van der Waals surface area contributed by atoms with Gasteiger partial charge in [0.1, 0.15) is 0 Å². The monoisotopic (exact) mass is 293 g/mol. The second-order valence-corrected chi connectivity index (χ2v) is 6.95. The Kier molecular flexibility index (Phi) is 3.69. The van der Waals surface area contributed by atoms with Crippen molar-refractivity contribution in [2.45, 2.75) is 18.9 Å². The fourth-order valence-corrected chi connectivity index (χ4v) is 3.65. The molecule has 0 spiro atoms. The van der Waals surface area contributed by atoms with Gasteiger partial charge in [-0.1, -0.05) is 29.3 Å². The Balaban J connectivity index is 2.36. The Morgan fingerprint density at radius 3 is 2.59 bits per heavy atom. The predicted molar refractivity (Wildman–Crippen MR) is 70.0 cm³/mol. The average Bonchev–Trinajstić information content (AvgIpc) is 2.70. The second-order valence-electron chi connectivity index (χ2n) is 4.21. The lowest BCUT2D eigenvalue weighted by Crippen LogP contribution is -2.29. The molecule has 3 nitrogen and oxygen atoms in total. The van der Waals surface area contributed by atoms with Crippen molar-refractivity contribution in [1.82, 2.24) is 4.31 Å². The highest BCUT2D eigenvalue weighted by Crippen LogP contribution is 2.36. The smallest absolute Gasteiger partial charge is 0.211 e. The van der Waals surface area contributed by atoms with Gasteiger partial charge in [0, 0.05) is 12.6 Å². The Morgan fingerprint density at radius 1 is 1.29 bits per heavy atom. The highest BCUT2D eigenvalue weighted by molar-refractivity contribution is 7.88. The number of sulfonamides is 1. The van der Waals surface area contributed by atoms with E-state index in [9.17, 15) is 8.42 Å². The van der Waals surface area contributed by atoms with Gasteiger partial charge in [-0.05, 0) is 30.5 Å². The van der Waals surface area contributed by atoms with Crippen LogP contribution in [0.2, 0.25) is 10.0 Å². The lowest BCUT2D eigenvalue weighted by atomic mass is 10.1. The van der Waals surface area contributed by atoms with Gasteiger partial charge < -0.3 is 0 Å². The largest absolute Gasteiger partial charge is 0.212 e. The molecule has 1 aliphatic rings. The lowest BCUT2D eigenvalue weighted by molar-refractivity contribution is 0.400. The minimum absolute atomic E-state index is 0.111. The van der Waals surface area contributed by atoms with E-state index < -0.39 is 10.0 Å². The maximum atomic E-state index is 11.6. The third-order valence-electron chi connectivity index (χ3n) is 2.96. The molecular formula is C11H13Cl2NO2S. The molecule has 0 radical (unpaired) electrons. The molecule has 1 aromatic rings. The summed E-state index contributed by atoms with van der Waals surface area (Å²) >= 11 is 11.8. The zero-order chi connectivity index (χ0) is 12.6. The topological polar surface area (TPSA) is 37.4 Å². The van der Waals surface area contributed by atoms with Gasteiger partial charge in [0.25, 0.3) is 0 Å². The van der Waals surface area contributed by atoms with Gasteiger partial charge in [-0.2, -0.15) is 4.31 Å². The van der Waals surface area contributed by atoms with E-state index in [0.29, 0.717) is 16.6 Å². The van der Waals surface area contributed by atoms with Crippen molar-refractivity contribution in [2.24, 2.45) is 0 Å². The van der Waals surface area contributed by atoms with Crippen LogP contribution in [-0.4, -0.2) is 25.5 Å². The van der Waals surface area contributed by atoms with E-state index in [4.69, 9.17) is 23.2 Å². The summed E-state index contributed by atoms with van der Waals surface area (Å²) in [6.07, 6.45) is 2.94. The molecule has 0 saturated carbocycles. The van der Waals surface area contributed by atoms with Crippen molar-refractivity contribution in [3.8, 4) is 0 Å². The van der Waals surface area contributed by atoms with Crippen LogP contribution in [-0.2, 0) is 10.0 Å². The molecule has 2 rings (SSSR count). The summed E-state index contributed by atoms with van der Waals surface area (Å²) in [5.41, 5.74) is 0.905. The molecule has 1 saturated heterocycles. The van der Waals surface area contributed by atoms with E-state index >= 15 is 0 Å². The summed E-state index contributed by atoms with van der Waals surface area (Å²) in [6, 6.07) is 5.18. The fraction of sp³-hybridized carbons (Fsp3) is 0.455. The van der Waals surface area contributed by atoms with Crippen molar-refractivity contribution in [3.05, 3.63) is 33.8 Å². The summed E-state index contributed by atoms with van der Waals surface area (Å²) in [4.78, 5) is 0. The first kappa shape index (κ1) is 13.1. The van der Waals surface area contributed by atoms with Crippen LogP contribution in [0, 0.1) is 0 Å². The Bertz CT molecular complexity index is 530. The summed E-state index contributed by atoms with van der Waals surface area (Å²) in [7, 11) is -3.17. The molecule has 94 valence electrons. The van der Waals surface area contributed by atoms with E-state index in [1.165, 1.54) is 10.6 Å². The summed E-state index contributed by atoms with van der Waals surface area (Å²) in [5.74, 6) is 0. The third kappa shape index (κ3) is 2.76. The highest BCUT2D eigenvalue weighted by Gasteiger charge is 2.32. The first-order chi connectivity index (χ1) is 7.89. The third-order valence-corrected chi connectivity index (χ3v) is 4.99.